The molecular weight excluding hydrogens is 324 g/mol. The molecule has 86 valence electrons. The van der Waals surface area contributed by atoms with Gasteiger partial charge in [-0.2, -0.15) is 5.10 Å². The Morgan fingerprint density at radius 3 is 2.87 bits per heavy atom. The van der Waals surface area contributed by atoms with Gasteiger partial charge in [0.1, 0.15) is 19.0 Å². The van der Waals surface area contributed by atoms with Gasteiger partial charge in [0.2, 0.25) is 0 Å². The molecule has 0 aliphatic rings. The van der Waals surface area contributed by atoms with E-state index < -0.39 is 19.7 Å². The molecule has 0 bridgehead atoms. The predicted octanol–water partition coefficient (Wildman–Crippen LogP) is 2.24. The highest BCUT2D eigenvalue weighted by molar-refractivity contribution is 14.1. The summed E-state index contributed by atoms with van der Waals surface area (Å²) in [6, 6.07) is 0. The normalized spacial score (nSPS) is 11.3. The quantitative estimate of drug-likeness (QED) is 0.746. The van der Waals surface area contributed by atoms with Gasteiger partial charge in [0.15, 0.2) is 0 Å². The van der Waals surface area contributed by atoms with Gasteiger partial charge in [0.25, 0.3) is 6.43 Å². The maximum absolute atomic E-state index is 12.0. The Bertz CT molecular complexity index is 306. The van der Waals surface area contributed by atoms with E-state index in [9.17, 15) is 13.2 Å². The summed E-state index contributed by atoms with van der Waals surface area (Å²) in [6.45, 7) is -0.909. The Hall–Kier alpha value is -0.310. The Morgan fingerprint density at radius 1 is 1.53 bits per heavy atom. The molecule has 3 nitrogen and oxygen atoms in total. The molecule has 1 rings (SSSR count). The number of aromatic nitrogens is 2. The topological polar surface area (TPSA) is 27.1 Å². The lowest BCUT2D eigenvalue weighted by molar-refractivity contribution is 0.00848. The van der Waals surface area contributed by atoms with Crippen LogP contribution in [0.3, 0.4) is 0 Å². The Morgan fingerprint density at radius 2 is 2.27 bits per heavy atom. The molecule has 1 aromatic heterocycles. The third kappa shape index (κ3) is 4.37. The van der Waals surface area contributed by atoms with Crippen molar-refractivity contribution in [2.24, 2.45) is 0 Å². The molecule has 0 aromatic carbocycles. The van der Waals surface area contributed by atoms with Crippen LogP contribution in [-0.2, 0) is 17.9 Å². The molecule has 0 unspecified atom stereocenters. The SMILES string of the molecule is FCCn1cc(I)c(COCC(F)F)n1. The van der Waals surface area contributed by atoms with Gasteiger partial charge in [-0.15, -0.1) is 0 Å². The fourth-order valence-electron chi connectivity index (χ4n) is 0.981. The van der Waals surface area contributed by atoms with Gasteiger partial charge in [-0.25, -0.2) is 13.2 Å². The minimum atomic E-state index is -2.48. The first-order valence-corrected chi connectivity index (χ1v) is 5.35. The molecular formula is C8H10F3IN2O. The maximum Gasteiger partial charge on any atom is 0.261 e. The molecule has 1 heterocycles. The summed E-state index contributed by atoms with van der Waals surface area (Å²) in [5.41, 5.74) is 0.560. The predicted molar refractivity (Wildman–Crippen MR) is 56.6 cm³/mol. The van der Waals surface area contributed by atoms with Crippen LogP contribution in [0.5, 0.6) is 0 Å². The zero-order valence-electron chi connectivity index (χ0n) is 7.80. The fraction of sp³-hybridized carbons (Fsp3) is 0.625. The summed E-state index contributed by atoms with van der Waals surface area (Å²) >= 11 is 2.00. The Balaban J connectivity index is 2.46. The molecule has 0 N–H and O–H groups in total. The van der Waals surface area contributed by atoms with Crippen molar-refractivity contribution < 1.29 is 17.9 Å². The Kier molecular flexibility index (Phi) is 5.37. The van der Waals surface area contributed by atoms with Crippen molar-refractivity contribution in [3.8, 4) is 0 Å². The van der Waals surface area contributed by atoms with E-state index in [1.165, 1.54) is 4.68 Å². The van der Waals surface area contributed by atoms with Crippen LogP contribution >= 0.6 is 22.6 Å². The van der Waals surface area contributed by atoms with Gasteiger partial charge in [-0.05, 0) is 22.6 Å². The largest absolute Gasteiger partial charge is 0.369 e. The van der Waals surface area contributed by atoms with E-state index in [4.69, 9.17) is 4.74 Å². The van der Waals surface area contributed by atoms with Gasteiger partial charge in [0.05, 0.1) is 16.7 Å². The zero-order chi connectivity index (χ0) is 11.3. The smallest absolute Gasteiger partial charge is 0.261 e. The minimum absolute atomic E-state index is 0.0297. The van der Waals surface area contributed by atoms with Crippen LogP contribution in [0.2, 0.25) is 0 Å². The number of hydrogen-bond acceptors (Lipinski definition) is 2. The minimum Gasteiger partial charge on any atom is -0.369 e. The van der Waals surface area contributed by atoms with Gasteiger partial charge in [0, 0.05) is 6.20 Å². The van der Waals surface area contributed by atoms with Crippen LogP contribution in [0, 0.1) is 3.57 Å². The van der Waals surface area contributed by atoms with Gasteiger partial charge in [-0.1, -0.05) is 0 Å². The van der Waals surface area contributed by atoms with Crippen molar-refractivity contribution >= 4 is 22.6 Å². The van der Waals surface area contributed by atoms with Crippen molar-refractivity contribution in [3.63, 3.8) is 0 Å². The van der Waals surface area contributed by atoms with Gasteiger partial charge < -0.3 is 4.74 Å². The third-order valence-corrected chi connectivity index (χ3v) is 2.48. The van der Waals surface area contributed by atoms with Crippen LogP contribution in [0.15, 0.2) is 6.20 Å². The van der Waals surface area contributed by atoms with Crippen molar-refractivity contribution in [1.29, 1.82) is 0 Å². The molecule has 0 fully saturated rings. The molecule has 0 saturated heterocycles. The lowest BCUT2D eigenvalue weighted by atomic mass is 10.5. The van der Waals surface area contributed by atoms with Crippen LogP contribution in [0.4, 0.5) is 13.2 Å². The number of halogens is 4. The highest BCUT2D eigenvalue weighted by atomic mass is 127. The van der Waals surface area contributed by atoms with Crippen LogP contribution in [0.1, 0.15) is 5.69 Å². The fourth-order valence-corrected chi connectivity index (χ4v) is 1.57. The maximum atomic E-state index is 12.0. The number of aryl methyl sites for hydroxylation is 1. The van der Waals surface area contributed by atoms with Crippen molar-refractivity contribution in [2.45, 2.75) is 19.6 Å². The molecule has 7 heteroatoms. The summed E-state index contributed by atoms with van der Waals surface area (Å²) in [5.74, 6) is 0. The third-order valence-electron chi connectivity index (χ3n) is 1.58. The van der Waals surface area contributed by atoms with E-state index in [2.05, 4.69) is 5.10 Å². The second-order valence-corrected chi connectivity index (χ2v) is 3.94. The lowest BCUT2D eigenvalue weighted by Crippen LogP contribution is -2.06. The lowest BCUT2D eigenvalue weighted by Gasteiger charge is -2.00. The number of rotatable bonds is 6. The molecule has 0 amide bonds. The van der Waals surface area contributed by atoms with Crippen molar-refractivity contribution in [1.82, 2.24) is 9.78 Å². The van der Waals surface area contributed by atoms with E-state index in [1.807, 2.05) is 22.6 Å². The van der Waals surface area contributed by atoms with Crippen molar-refractivity contribution in [2.75, 3.05) is 13.3 Å². The molecule has 1 aromatic rings. The van der Waals surface area contributed by atoms with Gasteiger partial charge >= 0.3 is 0 Å². The number of nitrogens with zero attached hydrogens (tertiary/aromatic N) is 2. The van der Waals surface area contributed by atoms with Crippen LogP contribution < -0.4 is 0 Å². The molecule has 0 spiro atoms. The first-order valence-electron chi connectivity index (χ1n) is 4.27. The average Bonchev–Trinajstić information content (AvgIpc) is 2.47. The average molecular weight is 334 g/mol. The molecule has 15 heavy (non-hydrogen) atoms. The second-order valence-electron chi connectivity index (χ2n) is 2.78. The van der Waals surface area contributed by atoms with E-state index in [0.717, 1.165) is 3.57 Å². The zero-order valence-corrected chi connectivity index (χ0v) is 9.96. The highest BCUT2D eigenvalue weighted by Gasteiger charge is 2.08. The number of alkyl halides is 3. The summed E-state index contributed by atoms with van der Waals surface area (Å²) < 4.78 is 42.5. The van der Waals surface area contributed by atoms with E-state index >= 15 is 0 Å². The van der Waals surface area contributed by atoms with Crippen LogP contribution in [0.25, 0.3) is 0 Å². The van der Waals surface area contributed by atoms with E-state index in [1.54, 1.807) is 6.20 Å². The monoisotopic (exact) mass is 334 g/mol. The molecule has 0 aliphatic heterocycles. The van der Waals surface area contributed by atoms with E-state index in [-0.39, 0.29) is 13.2 Å². The van der Waals surface area contributed by atoms with Crippen LogP contribution in [-0.4, -0.2) is 29.5 Å². The summed E-state index contributed by atoms with van der Waals surface area (Å²) in [7, 11) is 0. The molecule has 0 saturated carbocycles. The molecule has 0 aliphatic carbocycles. The number of hydrogen-bond donors (Lipinski definition) is 0. The van der Waals surface area contributed by atoms with E-state index in [0.29, 0.717) is 5.69 Å². The molecule has 0 radical (unpaired) electrons. The first kappa shape index (κ1) is 12.8. The Labute approximate surface area is 98.7 Å². The summed E-state index contributed by atoms with van der Waals surface area (Å²) in [6.07, 6.45) is -0.822. The first-order chi connectivity index (χ1) is 7.13. The summed E-state index contributed by atoms with van der Waals surface area (Å²) in [4.78, 5) is 0. The second kappa shape index (κ2) is 6.31. The summed E-state index contributed by atoms with van der Waals surface area (Å²) in [5, 5.41) is 4.00. The molecule has 0 atom stereocenters. The van der Waals surface area contributed by atoms with Crippen molar-refractivity contribution in [3.05, 3.63) is 15.5 Å². The highest BCUT2D eigenvalue weighted by Crippen LogP contribution is 2.11. The standard InChI is InChI=1S/C8H10F3IN2O/c9-1-2-14-3-6(12)7(13-14)4-15-5-8(10)11/h3,8H,1-2,4-5H2. The van der Waals surface area contributed by atoms with Gasteiger partial charge in [-0.3, -0.25) is 4.68 Å². The number of ether oxygens (including phenoxy) is 1.